The Bertz CT molecular complexity index is 926. The molecule has 0 aliphatic rings. The lowest BCUT2D eigenvalue weighted by Crippen LogP contribution is -2.19. The van der Waals surface area contributed by atoms with Gasteiger partial charge in [-0.25, -0.2) is 13.1 Å². The predicted molar refractivity (Wildman–Crippen MR) is 92.5 cm³/mol. The zero-order valence-corrected chi connectivity index (χ0v) is 14.8. The SMILES string of the molecule is CNS(=O)(=O)c1cc(-c2nn[nH]n2)c(NCc2cccs2)cc1Cl. The van der Waals surface area contributed by atoms with Crippen LogP contribution in [0, 0.1) is 0 Å². The van der Waals surface area contributed by atoms with Crippen molar-refractivity contribution >= 4 is 38.6 Å². The second kappa shape index (κ2) is 6.85. The summed E-state index contributed by atoms with van der Waals surface area (Å²) in [6.07, 6.45) is 0. The fourth-order valence-corrected chi connectivity index (χ4v) is 3.99. The summed E-state index contributed by atoms with van der Waals surface area (Å²) in [5, 5.41) is 19.0. The molecular weight excluding hydrogens is 372 g/mol. The van der Waals surface area contributed by atoms with Gasteiger partial charge in [0.15, 0.2) is 0 Å². The van der Waals surface area contributed by atoms with Gasteiger partial charge in [0.05, 0.1) is 5.02 Å². The van der Waals surface area contributed by atoms with Crippen molar-refractivity contribution in [2.45, 2.75) is 11.4 Å². The Morgan fingerprint density at radius 3 is 2.83 bits per heavy atom. The molecule has 0 bridgehead atoms. The predicted octanol–water partition coefficient (Wildman–Crippen LogP) is 2.10. The summed E-state index contributed by atoms with van der Waals surface area (Å²) in [4.78, 5) is 1.07. The molecule has 0 saturated heterocycles. The summed E-state index contributed by atoms with van der Waals surface area (Å²) in [5.74, 6) is 0.271. The van der Waals surface area contributed by atoms with Gasteiger partial charge in [0.25, 0.3) is 0 Å². The van der Waals surface area contributed by atoms with Crippen molar-refractivity contribution in [1.29, 1.82) is 0 Å². The minimum atomic E-state index is -3.71. The number of thiophene rings is 1. The van der Waals surface area contributed by atoms with Crippen LogP contribution in [0.1, 0.15) is 4.88 Å². The highest BCUT2D eigenvalue weighted by Gasteiger charge is 2.21. The molecular formula is C13H13ClN6O2S2. The maximum absolute atomic E-state index is 12.1. The van der Waals surface area contributed by atoms with Gasteiger partial charge in [-0.3, -0.25) is 0 Å². The summed E-state index contributed by atoms with van der Waals surface area (Å²) in [6.45, 7) is 0.566. The number of anilines is 1. The summed E-state index contributed by atoms with van der Waals surface area (Å²) < 4.78 is 26.5. The molecule has 0 radical (unpaired) electrons. The number of H-pyrrole nitrogens is 1. The zero-order valence-electron chi connectivity index (χ0n) is 12.4. The topological polar surface area (TPSA) is 113 Å². The minimum absolute atomic E-state index is 0.0480. The maximum atomic E-state index is 12.1. The van der Waals surface area contributed by atoms with Crippen LogP contribution in [0.25, 0.3) is 11.4 Å². The lowest BCUT2D eigenvalue weighted by atomic mass is 10.1. The molecule has 2 heterocycles. The smallest absolute Gasteiger partial charge is 0.241 e. The Kier molecular flexibility index (Phi) is 4.81. The Labute approximate surface area is 147 Å². The van der Waals surface area contributed by atoms with Crippen LogP contribution in [0.5, 0.6) is 0 Å². The number of aromatic nitrogens is 4. The Hall–Kier alpha value is -2.01. The van der Waals surface area contributed by atoms with Crippen LogP contribution in [0.2, 0.25) is 5.02 Å². The number of sulfonamides is 1. The van der Waals surface area contributed by atoms with Crippen molar-refractivity contribution in [1.82, 2.24) is 25.3 Å². The lowest BCUT2D eigenvalue weighted by Gasteiger charge is -2.13. The average molecular weight is 385 g/mol. The quantitative estimate of drug-likeness (QED) is 0.599. The lowest BCUT2D eigenvalue weighted by molar-refractivity contribution is 0.588. The number of tetrazole rings is 1. The largest absolute Gasteiger partial charge is 0.380 e. The van der Waals surface area contributed by atoms with E-state index in [9.17, 15) is 8.42 Å². The van der Waals surface area contributed by atoms with E-state index in [4.69, 9.17) is 11.6 Å². The molecule has 0 amide bonds. The Morgan fingerprint density at radius 1 is 1.38 bits per heavy atom. The normalized spacial score (nSPS) is 11.6. The molecule has 3 rings (SSSR count). The van der Waals surface area contributed by atoms with Gasteiger partial charge in [-0.15, -0.1) is 21.5 Å². The van der Waals surface area contributed by atoms with Gasteiger partial charge < -0.3 is 5.32 Å². The molecule has 0 fully saturated rings. The minimum Gasteiger partial charge on any atom is -0.380 e. The van der Waals surface area contributed by atoms with E-state index < -0.39 is 10.0 Å². The Morgan fingerprint density at radius 2 is 2.21 bits per heavy atom. The summed E-state index contributed by atoms with van der Waals surface area (Å²) in [7, 11) is -2.39. The van der Waals surface area contributed by atoms with Gasteiger partial charge in [-0.1, -0.05) is 17.7 Å². The second-order valence-electron chi connectivity index (χ2n) is 4.70. The van der Waals surface area contributed by atoms with E-state index >= 15 is 0 Å². The van der Waals surface area contributed by atoms with E-state index in [2.05, 4.69) is 30.7 Å². The van der Waals surface area contributed by atoms with Crippen LogP contribution in [-0.2, 0) is 16.6 Å². The van der Waals surface area contributed by atoms with Crippen LogP contribution in [0.15, 0.2) is 34.5 Å². The maximum Gasteiger partial charge on any atom is 0.241 e. The van der Waals surface area contributed by atoms with E-state index in [1.54, 1.807) is 17.4 Å². The van der Waals surface area contributed by atoms with E-state index in [1.165, 1.54) is 13.1 Å². The van der Waals surface area contributed by atoms with Crippen molar-refractivity contribution in [2.24, 2.45) is 0 Å². The number of aromatic amines is 1. The molecule has 0 unspecified atom stereocenters. The molecule has 0 atom stereocenters. The first-order valence-electron chi connectivity index (χ1n) is 6.78. The molecule has 0 spiro atoms. The molecule has 3 aromatic rings. The monoisotopic (exact) mass is 384 g/mol. The molecule has 3 N–H and O–H groups in total. The van der Waals surface area contributed by atoms with Crippen LogP contribution < -0.4 is 10.0 Å². The van der Waals surface area contributed by atoms with Crippen LogP contribution >= 0.6 is 22.9 Å². The fraction of sp³-hybridized carbons (Fsp3) is 0.154. The second-order valence-corrected chi connectivity index (χ2v) is 8.00. The van der Waals surface area contributed by atoms with Gasteiger partial charge in [-0.2, -0.15) is 5.21 Å². The molecule has 24 heavy (non-hydrogen) atoms. The van der Waals surface area contributed by atoms with Crippen molar-refractivity contribution in [3.63, 3.8) is 0 Å². The third-order valence-electron chi connectivity index (χ3n) is 3.25. The number of nitrogens with zero attached hydrogens (tertiary/aromatic N) is 3. The van der Waals surface area contributed by atoms with Crippen molar-refractivity contribution in [3.8, 4) is 11.4 Å². The van der Waals surface area contributed by atoms with E-state index in [1.807, 2.05) is 17.5 Å². The molecule has 8 nitrogen and oxygen atoms in total. The van der Waals surface area contributed by atoms with Gasteiger partial charge in [0.2, 0.25) is 15.8 Å². The average Bonchev–Trinajstić information content (AvgIpc) is 3.26. The third-order valence-corrected chi connectivity index (χ3v) is 6.01. The first-order valence-corrected chi connectivity index (χ1v) is 9.52. The number of rotatable bonds is 6. The first-order chi connectivity index (χ1) is 11.5. The number of benzene rings is 1. The zero-order chi connectivity index (χ0) is 17.2. The van der Waals surface area contributed by atoms with E-state index in [0.717, 1.165) is 4.88 Å². The molecule has 0 saturated carbocycles. The highest BCUT2D eigenvalue weighted by atomic mass is 35.5. The summed E-state index contributed by atoms with van der Waals surface area (Å²) >= 11 is 7.78. The van der Waals surface area contributed by atoms with Crippen LogP contribution in [0.3, 0.4) is 0 Å². The molecule has 0 aliphatic carbocycles. The van der Waals surface area contributed by atoms with Crippen molar-refractivity contribution < 1.29 is 8.42 Å². The molecule has 126 valence electrons. The van der Waals surface area contributed by atoms with Gasteiger partial charge in [-0.05, 0) is 35.8 Å². The fourth-order valence-electron chi connectivity index (χ4n) is 2.07. The van der Waals surface area contributed by atoms with Gasteiger partial charge in [0.1, 0.15) is 4.90 Å². The Balaban J connectivity index is 2.05. The van der Waals surface area contributed by atoms with Crippen LogP contribution in [-0.4, -0.2) is 36.1 Å². The van der Waals surface area contributed by atoms with E-state index in [-0.39, 0.29) is 15.7 Å². The summed E-state index contributed by atoms with van der Waals surface area (Å²) in [6, 6.07) is 6.92. The number of nitrogens with one attached hydrogen (secondary N) is 3. The highest BCUT2D eigenvalue weighted by molar-refractivity contribution is 7.89. The number of hydrogen-bond donors (Lipinski definition) is 3. The van der Waals surface area contributed by atoms with Crippen molar-refractivity contribution in [3.05, 3.63) is 39.5 Å². The molecule has 11 heteroatoms. The standard InChI is InChI=1S/C13H13ClN6O2S2/c1-15-24(21,22)12-5-9(13-17-19-20-18-13)11(6-10(12)14)16-7-8-3-2-4-23-8/h2-6,15-16H,7H2,1H3,(H,17,18,19,20). The van der Waals surface area contributed by atoms with Crippen LogP contribution in [0.4, 0.5) is 5.69 Å². The number of halogens is 1. The van der Waals surface area contributed by atoms with Gasteiger partial charge >= 0.3 is 0 Å². The number of hydrogen-bond acceptors (Lipinski definition) is 7. The van der Waals surface area contributed by atoms with Crippen molar-refractivity contribution in [2.75, 3.05) is 12.4 Å². The summed E-state index contributed by atoms with van der Waals surface area (Å²) in [5.41, 5.74) is 1.10. The molecule has 1 aromatic carbocycles. The first kappa shape index (κ1) is 16.8. The van der Waals surface area contributed by atoms with E-state index in [0.29, 0.717) is 17.8 Å². The highest BCUT2D eigenvalue weighted by Crippen LogP contribution is 2.34. The third kappa shape index (κ3) is 3.41. The molecule has 0 aliphatic heterocycles. The molecule has 2 aromatic heterocycles. The van der Waals surface area contributed by atoms with Gasteiger partial charge in [0, 0.05) is 22.7 Å².